The third-order valence-electron chi connectivity index (χ3n) is 4.51. The first-order chi connectivity index (χ1) is 14.8. The van der Waals surface area contributed by atoms with E-state index in [9.17, 15) is 14.4 Å². The van der Waals surface area contributed by atoms with Crippen molar-refractivity contribution < 1.29 is 19.1 Å². The number of carbonyl (C=O) groups is 3. The number of ether oxygens (including phenoxy) is 1. The molecule has 1 aliphatic heterocycles. The first kappa shape index (κ1) is 22.1. The van der Waals surface area contributed by atoms with E-state index < -0.39 is 17.8 Å². The molecule has 0 saturated carbocycles. The molecule has 4 amide bonds. The van der Waals surface area contributed by atoms with Gasteiger partial charge in [0.1, 0.15) is 17.9 Å². The van der Waals surface area contributed by atoms with Crippen LogP contribution in [0, 0.1) is 19.3 Å². The van der Waals surface area contributed by atoms with Crippen LogP contribution >= 0.6 is 15.9 Å². The fraction of sp³-hybridized carbons (Fsp3) is 0.125. The van der Waals surface area contributed by atoms with Crippen molar-refractivity contribution in [3.8, 4) is 18.1 Å². The average Bonchev–Trinajstić information content (AvgIpc) is 2.72. The largest absolute Gasteiger partial charge is 0.479 e. The molecule has 0 aliphatic carbocycles. The van der Waals surface area contributed by atoms with Gasteiger partial charge >= 0.3 is 6.03 Å². The summed E-state index contributed by atoms with van der Waals surface area (Å²) in [5.74, 6) is 1.52. The zero-order valence-electron chi connectivity index (χ0n) is 16.8. The van der Waals surface area contributed by atoms with E-state index in [1.165, 1.54) is 6.08 Å². The van der Waals surface area contributed by atoms with E-state index in [1.54, 1.807) is 42.5 Å². The van der Waals surface area contributed by atoms with E-state index in [1.807, 2.05) is 6.92 Å². The highest BCUT2D eigenvalue weighted by Gasteiger charge is 2.36. The molecule has 3 rings (SSSR count). The van der Waals surface area contributed by atoms with Gasteiger partial charge in [-0.25, -0.2) is 9.69 Å². The number of anilines is 1. The van der Waals surface area contributed by atoms with Crippen LogP contribution in [0.5, 0.6) is 5.75 Å². The molecule has 2 aromatic carbocycles. The Hall–Kier alpha value is -3.63. The maximum atomic E-state index is 13.0. The van der Waals surface area contributed by atoms with Crippen molar-refractivity contribution in [1.82, 2.24) is 5.32 Å². The number of carbonyl (C=O) groups excluding carboxylic acids is 3. The lowest BCUT2D eigenvalue weighted by Gasteiger charge is -2.26. The number of amides is 4. The molecule has 1 saturated heterocycles. The number of nitrogens with one attached hydrogen (secondary N) is 1. The van der Waals surface area contributed by atoms with Crippen LogP contribution in [0.15, 0.2) is 59.1 Å². The molecule has 1 fully saturated rings. The molecule has 31 heavy (non-hydrogen) atoms. The summed E-state index contributed by atoms with van der Waals surface area (Å²) in [5.41, 5.74) is 2.55. The number of nitrogens with zero attached hydrogens (tertiary/aromatic N) is 1. The lowest BCUT2D eigenvalue weighted by molar-refractivity contribution is -0.122. The molecular weight excluding hydrogens is 460 g/mol. The number of benzene rings is 2. The Morgan fingerprint density at radius 1 is 1.23 bits per heavy atom. The van der Waals surface area contributed by atoms with Gasteiger partial charge in [0, 0.05) is 0 Å². The number of aryl methyl sites for hydroxylation is 1. The molecule has 0 unspecified atom stereocenters. The minimum atomic E-state index is -0.789. The van der Waals surface area contributed by atoms with Gasteiger partial charge in [-0.3, -0.25) is 14.9 Å². The van der Waals surface area contributed by atoms with Crippen molar-refractivity contribution in [2.45, 2.75) is 13.3 Å². The van der Waals surface area contributed by atoms with Gasteiger partial charge < -0.3 is 4.74 Å². The number of urea groups is 1. The van der Waals surface area contributed by atoms with Gasteiger partial charge in [0.2, 0.25) is 0 Å². The van der Waals surface area contributed by atoms with Gasteiger partial charge in [0.15, 0.2) is 0 Å². The third kappa shape index (κ3) is 4.76. The highest BCUT2D eigenvalue weighted by atomic mass is 79.9. The second-order valence-electron chi connectivity index (χ2n) is 6.77. The Balaban J connectivity index is 2.03. The molecule has 0 atom stereocenters. The molecule has 6 nitrogen and oxygen atoms in total. The van der Waals surface area contributed by atoms with Crippen molar-refractivity contribution in [2.75, 3.05) is 11.5 Å². The van der Waals surface area contributed by atoms with E-state index in [-0.39, 0.29) is 12.2 Å². The molecule has 0 bridgehead atoms. The second-order valence-corrected chi connectivity index (χ2v) is 7.62. The summed E-state index contributed by atoms with van der Waals surface area (Å²) in [6, 6.07) is 9.55. The van der Waals surface area contributed by atoms with Gasteiger partial charge in [-0.2, -0.15) is 0 Å². The molecule has 1 heterocycles. The quantitative estimate of drug-likeness (QED) is 0.292. The van der Waals surface area contributed by atoms with E-state index in [4.69, 9.17) is 11.2 Å². The molecule has 1 aliphatic rings. The maximum absolute atomic E-state index is 13.0. The molecule has 7 heteroatoms. The van der Waals surface area contributed by atoms with Crippen molar-refractivity contribution in [2.24, 2.45) is 0 Å². The smallest absolute Gasteiger partial charge is 0.335 e. The lowest BCUT2D eigenvalue weighted by Crippen LogP contribution is -2.54. The summed E-state index contributed by atoms with van der Waals surface area (Å²) in [7, 11) is 0. The van der Waals surface area contributed by atoms with Crippen molar-refractivity contribution in [3.63, 3.8) is 0 Å². The number of rotatable bonds is 6. The molecule has 156 valence electrons. The monoisotopic (exact) mass is 478 g/mol. The predicted octanol–water partition coefficient (Wildman–Crippen LogP) is 4.16. The highest BCUT2D eigenvalue weighted by Crippen LogP contribution is 2.33. The average molecular weight is 479 g/mol. The van der Waals surface area contributed by atoms with Crippen LogP contribution in [-0.4, -0.2) is 24.5 Å². The van der Waals surface area contributed by atoms with Crippen molar-refractivity contribution >= 4 is 45.5 Å². The van der Waals surface area contributed by atoms with Crippen LogP contribution in [-0.2, 0) is 16.0 Å². The first-order valence-electron chi connectivity index (χ1n) is 9.33. The van der Waals surface area contributed by atoms with Crippen LogP contribution in [0.2, 0.25) is 0 Å². The Morgan fingerprint density at radius 3 is 2.58 bits per heavy atom. The minimum absolute atomic E-state index is 0.0949. The number of imide groups is 2. The summed E-state index contributed by atoms with van der Waals surface area (Å²) in [4.78, 5) is 38.7. The maximum Gasteiger partial charge on any atom is 0.335 e. The molecule has 0 radical (unpaired) electrons. The third-order valence-corrected chi connectivity index (χ3v) is 5.10. The number of hydrogen-bond donors (Lipinski definition) is 1. The topological polar surface area (TPSA) is 75.7 Å². The summed E-state index contributed by atoms with van der Waals surface area (Å²) in [6.07, 6.45) is 8.91. The number of halogens is 1. The predicted molar refractivity (Wildman–Crippen MR) is 123 cm³/mol. The lowest BCUT2D eigenvalue weighted by atomic mass is 10.0. The van der Waals surface area contributed by atoms with Gasteiger partial charge in [-0.15, -0.1) is 13.0 Å². The summed E-state index contributed by atoms with van der Waals surface area (Å²) >= 11 is 3.45. The van der Waals surface area contributed by atoms with Crippen LogP contribution < -0.4 is 15.0 Å². The summed E-state index contributed by atoms with van der Waals surface area (Å²) in [6.45, 7) is 5.74. The van der Waals surface area contributed by atoms with E-state index in [0.29, 0.717) is 27.9 Å². The number of terminal acetylenes is 1. The van der Waals surface area contributed by atoms with Crippen LogP contribution in [0.3, 0.4) is 0 Å². The standard InChI is InChI=1S/C24H19BrN2O4/c1-4-6-17-12-16(14-20(25)21(17)31-11-5-2)13-19-22(28)26-24(30)27(23(19)29)18-9-7-15(3)8-10-18/h2,4,7-10,12-14H,1,6,11H2,3H3,(H,26,28,30)/b19-13+. The Morgan fingerprint density at radius 2 is 1.94 bits per heavy atom. The molecule has 1 N–H and O–H groups in total. The van der Waals surface area contributed by atoms with Gasteiger partial charge in [-0.05, 0) is 70.7 Å². The molecular formula is C24H19BrN2O4. The molecule has 0 aromatic heterocycles. The Bertz CT molecular complexity index is 1140. The highest BCUT2D eigenvalue weighted by molar-refractivity contribution is 9.10. The fourth-order valence-corrected chi connectivity index (χ4v) is 3.73. The van der Waals surface area contributed by atoms with Crippen LogP contribution in [0.25, 0.3) is 6.08 Å². The number of hydrogen-bond acceptors (Lipinski definition) is 4. The van der Waals surface area contributed by atoms with E-state index >= 15 is 0 Å². The molecule has 0 spiro atoms. The zero-order chi connectivity index (χ0) is 22.5. The minimum Gasteiger partial charge on any atom is -0.479 e. The van der Waals surface area contributed by atoms with Gasteiger partial charge in [-0.1, -0.05) is 29.7 Å². The SMILES string of the molecule is C#CCOc1c(Br)cc(/C=C2\C(=O)NC(=O)N(c3ccc(C)cc3)C2=O)cc1CC=C. The van der Waals surface area contributed by atoms with Gasteiger partial charge in [0.25, 0.3) is 11.8 Å². The normalized spacial score (nSPS) is 14.9. The van der Waals surface area contributed by atoms with E-state index in [2.05, 4.69) is 33.7 Å². The summed E-state index contributed by atoms with van der Waals surface area (Å²) < 4.78 is 6.22. The van der Waals surface area contributed by atoms with Crippen molar-refractivity contribution in [1.29, 1.82) is 0 Å². The zero-order valence-corrected chi connectivity index (χ0v) is 18.4. The van der Waals surface area contributed by atoms with E-state index in [0.717, 1.165) is 16.0 Å². The van der Waals surface area contributed by atoms with Gasteiger partial charge in [0.05, 0.1) is 10.2 Å². The first-order valence-corrected chi connectivity index (χ1v) is 10.1. The number of allylic oxidation sites excluding steroid dienone is 1. The fourth-order valence-electron chi connectivity index (χ4n) is 3.09. The number of barbiturate groups is 1. The molecule has 2 aromatic rings. The summed E-state index contributed by atoms with van der Waals surface area (Å²) in [5, 5.41) is 2.22. The van der Waals surface area contributed by atoms with Crippen LogP contribution in [0.1, 0.15) is 16.7 Å². The second kappa shape index (κ2) is 9.45. The van der Waals surface area contributed by atoms with Crippen LogP contribution in [0.4, 0.5) is 10.5 Å². The Labute approximate surface area is 188 Å². The van der Waals surface area contributed by atoms with Crippen molar-refractivity contribution in [3.05, 3.63) is 75.8 Å². The Kier molecular flexibility index (Phi) is 6.73.